The number of benzene rings is 2. The zero-order valence-corrected chi connectivity index (χ0v) is 16.5. The van der Waals surface area contributed by atoms with Gasteiger partial charge in [-0.2, -0.15) is 0 Å². The van der Waals surface area contributed by atoms with Crippen molar-refractivity contribution >= 4 is 0 Å². The van der Waals surface area contributed by atoms with Crippen molar-refractivity contribution in [3.8, 4) is 0 Å². The third-order valence-corrected chi connectivity index (χ3v) is 63.9. The Morgan fingerprint density at radius 1 is 0.667 bits per heavy atom. The molecule has 0 aliphatic carbocycles. The summed E-state index contributed by atoms with van der Waals surface area (Å²) in [7, 11) is 0. The summed E-state index contributed by atoms with van der Waals surface area (Å²) >= 11 is 0. The first-order chi connectivity index (χ1) is 13.0. The molecule has 5 atom stereocenters. The monoisotopic (exact) mass is 395 g/mol. The van der Waals surface area contributed by atoms with Crippen molar-refractivity contribution in [3.63, 3.8) is 0 Å². The van der Waals surface area contributed by atoms with Gasteiger partial charge in [-0.15, -0.1) is 0 Å². The summed E-state index contributed by atoms with van der Waals surface area (Å²) in [5.41, 5.74) is 10.1. The van der Waals surface area contributed by atoms with Gasteiger partial charge in [0.1, 0.15) is 0 Å². The van der Waals surface area contributed by atoms with Gasteiger partial charge in [0.15, 0.2) is 0 Å². The second-order valence-corrected chi connectivity index (χ2v) is 37.0. The average molecular weight is 395 g/mol. The number of fused-ring (bicyclic) bond motifs is 10. The molecule has 12 rings (SSSR count). The van der Waals surface area contributed by atoms with Crippen molar-refractivity contribution in [2.24, 2.45) is 5.73 Å². The van der Waals surface area contributed by atoms with E-state index in [-0.39, 0.29) is 0 Å². The van der Waals surface area contributed by atoms with E-state index in [9.17, 15) is 0 Å². The van der Waals surface area contributed by atoms with Crippen LogP contribution in [-0.4, -0.2) is 6.54 Å². The minimum atomic E-state index is -3.55. The molecule has 10 aliphatic heterocycles. The molecule has 2 aromatic carbocycles. The van der Waals surface area contributed by atoms with E-state index in [1.165, 1.54) is 46.6 Å². The molecule has 138 valence electrons. The quantitative estimate of drug-likeness (QED) is 0.624. The Morgan fingerprint density at radius 3 is 1.63 bits per heavy atom. The Bertz CT molecular complexity index is 1550. The van der Waals surface area contributed by atoms with Crippen LogP contribution >= 0.6 is 0 Å². The molecule has 2 aromatic rings. The van der Waals surface area contributed by atoms with Crippen LogP contribution in [0.3, 0.4) is 0 Å². The standard InChI is InChI=1S/C20H20N.C5H5.Fe/c21-15-19-12-11-18(13-16-7-3-1-4-8-16)20(19)14-17-9-5-2-6-10-17;1-2-4-5-3-1;/h1-12H,13-15,21H2;1-5H;. The van der Waals surface area contributed by atoms with Gasteiger partial charge in [-0.3, -0.25) is 0 Å². The molecule has 10 aliphatic rings. The molecule has 1 nitrogen and oxygen atoms in total. The summed E-state index contributed by atoms with van der Waals surface area (Å²) < 4.78 is 2.36. The van der Waals surface area contributed by atoms with Crippen LogP contribution in [0.15, 0.2) is 60.7 Å². The second kappa shape index (κ2) is 1.37. The molecule has 2 N–H and O–H groups in total. The first kappa shape index (κ1) is 11.8. The van der Waals surface area contributed by atoms with Crippen LogP contribution in [0.2, 0.25) is 46.7 Å². The van der Waals surface area contributed by atoms with E-state index in [0.717, 1.165) is 19.5 Å². The SMILES string of the molecule is NC[C]12[CH]3[CH]4[C]5(Cc6ccccc6)[C]1(Cc1ccccc1)[Fe]34251678[CH]2[CH]1[CH]6[CH]7[CH]28. The molecule has 10 heterocycles. The Kier molecular flexibility index (Phi) is 0.600. The molecule has 27 heavy (non-hydrogen) atoms. The van der Waals surface area contributed by atoms with Crippen LogP contribution in [0, 0.1) is 0 Å². The predicted octanol–water partition coefficient (Wildman–Crippen LogP) is 5.93. The van der Waals surface area contributed by atoms with Gasteiger partial charge in [0.2, 0.25) is 0 Å². The molecule has 0 radical (unpaired) electrons. The fraction of sp³-hybridized carbons (Fsp3) is 0.520. The molecule has 0 amide bonds. The summed E-state index contributed by atoms with van der Waals surface area (Å²) in [6, 6.07) is 23.3. The summed E-state index contributed by atoms with van der Waals surface area (Å²) in [5, 5.41) is 0. The van der Waals surface area contributed by atoms with Gasteiger partial charge in [0.05, 0.1) is 0 Å². The van der Waals surface area contributed by atoms with Gasteiger partial charge in [0.25, 0.3) is 0 Å². The van der Waals surface area contributed by atoms with E-state index in [4.69, 9.17) is 5.73 Å². The fourth-order valence-electron chi connectivity index (χ4n) is 21.7. The maximum absolute atomic E-state index is 6.83. The van der Waals surface area contributed by atoms with Crippen molar-refractivity contribution in [1.29, 1.82) is 0 Å². The topological polar surface area (TPSA) is 26.0 Å². The molecular weight excluding hydrogens is 370 g/mol. The molecule has 0 aromatic heterocycles. The maximum atomic E-state index is 6.83. The Hall–Kier alpha value is -1.08. The van der Waals surface area contributed by atoms with Crippen molar-refractivity contribution in [2.75, 3.05) is 6.54 Å². The molecule has 5 unspecified atom stereocenters. The van der Waals surface area contributed by atoms with Crippen LogP contribution in [0.25, 0.3) is 0 Å². The first-order valence-corrected chi connectivity index (χ1v) is 17.2. The van der Waals surface area contributed by atoms with Gasteiger partial charge < -0.3 is 0 Å². The number of nitrogens with two attached hydrogens (primary N) is 1. The van der Waals surface area contributed by atoms with Crippen LogP contribution in [0.1, 0.15) is 11.1 Å². The van der Waals surface area contributed by atoms with Crippen LogP contribution in [-0.2, 0) is 19.4 Å². The Balaban J connectivity index is 1.25. The van der Waals surface area contributed by atoms with Crippen molar-refractivity contribution in [1.82, 2.24) is 0 Å². The summed E-state index contributed by atoms with van der Waals surface area (Å²) in [5.74, 6) is 0. The third-order valence-electron chi connectivity index (χ3n) is 18.9. The first-order valence-electron chi connectivity index (χ1n) is 11.0. The number of hydrogen-bond acceptors (Lipinski definition) is 1. The van der Waals surface area contributed by atoms with Crippen molar-refractivity contribution in [3.05, 3.63) is 71.8 Å². The molecular formula is C25H25FeN. The molecule has 0 saturated carbocycles. The zero-order valence-electron chi connectivity index (χ0n) is 15.4. The normalized spacial score (nSPS) is 84.7. The summed E-state index contributed by atoms with van der Waals surface area (Å²) in [6.07, 6.45) is 2.88. The number of hydrogen-bond donors (Lipinski definition) is 1. The van der Waals surface area contributed by atoms with E-state index in [1.807, 2.05) is 0 Å². The van der Waals surface area contributed by atoms with Crippen LogP contribution in [0.5, 0.6) is 0 Å². The van der Waals surface area contributed by atoms with Gasteiger partial charge in [0, 0.05) is 0 Å². The molecule has 2 heteroatoms. The van der Waals surface area contributed by atoms with E-state index in [0.29, 0.717) is 0 Å². The Morgan fingerprint density at radius 2 is 1.15 bits per heavy atom. The van der Waals surface area contributed by atoms with Gasteiger partial charge in [-0.1, -0.05) is 0 Å². The molecule has 10 fully saturated rings. The second-order valence-electron chi connectivity index (χ2n) is 13.8. The van der Waals surface area contributed by atoms with Crippen molar-refractivity contribution < 1.29 is 6.51 Å². The van der Waals surface area contributed by atoms with E-state index in [2.05, 4.69) is 60.7 Å². The molecule has 10 saturated heterocycles. The fourth-order valence-corrected chi connectivity index (χ4v) is 102. The Labute approximate surface area is 150 Å². The third kappa shape index (κ3) is 0.181. The van der Waals surface area contributed by atoms with Gasteiger partial charge >= 0.3 is 150 Å². The minimum absolute atomic E-state index is 0.756. The molecule has 0 bridgehead atoms. The molecule has 1 spiro atoms. The average Bonchev–Trinajstić information content (AvgIpc) is 3.66. The van der Waals surface area contributed by atoms with Crippen LogP contribution < -0.4 is 5.73 Å². The predicted molar refractivity (Wildman–Crippen MR) is 104 cm³/mol. The number of rotatable bonds is 5. The zero-order chi connectivity index (χ0) is 17.2. The van der Waals surface area contributed by atoms with E-state index >= 15 is 0 Å². The van der Waals surface area contributed by atoms with E-state index in [1.54, 1.807) is 11.1 Å². The summed E-state index contributed by atoms with van der Waals surface area (Å²) in [6.45, 7) is -2.47. The summed E-state index contributed by atoms with van der Waals surface area (Å²) in [4.78, 5) is 9.05. The van der Waals surface area contributed by atoms with Gasteiger partial charge in [-0.05, 0) is 0 Å². The van der Waals surface area contributed by atoms with Gasteiger partial charge in [-0.25, -0.2) is 0 Å². The van der Waals surface area contributed by atoms with Crippen LogP contribution in [0.4, 0.5) is 0 Å². The van der Waals surface area contributed by atoms with Crippen molar-refractivity contribution in [2.45, 2.75) is 59.5 Å². The van der Waals surface area contributed by atoms with E-state index < -0.39 is 6.51 Å².